The summed E-state index contributed by atoms with van der Waals surface area (Å²) in [5.41, 5.74) is 1.61. The van der Waals surface area contributed by atoms with E-state index >= 15 is 0 Å². The van der Waals surface area contributed by atoms with Gasteiger partial charge in [0.05, 0.1) is 5.57 Å². The second-order valence-electron chi connectivity index (χ2n) is 2.72. The molecule has 1 aromatic carbocycles. The zero-order chi connectivity index (χ0) is 9.26. The molecule has 3 heteroatoms. The van der Waals surface area contributed by atoms with Gasteiger partial charge in [-0.1, -0.05) is 12.1 Å². The quantitative estimate of drug-likeness (QED) is 0.584. The molecule has 0 saturated carbocycles. The van der Waals surface area contributed by atoms with E-state index in [1.165, 1.54) is 0 Å². The van der Waals surface area contributed by atoms with Gasteiger partial charge in [0.15, 0.2) is 0 Å². The molecule has 0 unspecified atom stereocenters. The molecule has 0 atom stereocenters. The Balaban J connectivity index is 2.36. The number of hydrogen-bond donors (Lipinski definition) is 0. The highest BCUT2D eigenvalue weighted by molar-refractivity contribution is 14.1. The molecule has 0 bridgehead atoms. The molecule has 2 rings (SSSR count). The van der Waals surface area contributed by atoms with Gasteiger partial charge < -0.3 is 4.74 Å². The summed E-state index contributed by atoms with van der Waals surface area (Å²) in [6, 6.07) is 7.81. The first-order chi connectivity index (χ1) is 6.27. The van der Waals surface area contributed by atoms with Gasteiger partial charge in [0.25, 0.3) is 0 Å². The van der Waals surface area contributed by atoms with Crippen LogP contribution >= 0.6 is 22.6 Å². The second-order valence-corrected chi connectivity index (χ2v) is 3.97. The maximum atomic E-state index is 11.2. The number of rotatable bonds is 1. The fourth-order valence-corrected chi connectivity index (χ4v) is 1.59. The van der Waals surface area contributed by atoms with Crippen molar-refractivity contribution in [3.05, 3.63) is 39.5 Å². The van der Waals surface area contributed by atoms with Crippen LogP contribution in [-0.2, 0) is 9.53 Å². The van der Waals surface area contributed by atoms with Gasteiger partial charge in [0.1, 0.15) is 6.61 Å². The zero-order valence-electron chi connectivity index (χ0n) is 6.79. The van der Waals surface area contributed by atoms with E-state index in [4.69, 9.17) is 4.74 Å². The maximum Gasteiger partial charge on any atom is 0.338 e. The Kier molecular flexibility index (Phi) is 2.35. The van der Waals surface area contributed by atoms with Gasteiger partial charge >= 0.3 is 5.97 Å². The first kappa shape index (κ1) is 8.74. The number of cyclic esters (lactones) is 1. The maximum absolute atomic E-state index is 11.2. The Morgan fingerprint density at radius 1 is 1.23 bits per heavy atom. The molecule has 66 valence electrons. The average Bonchev–Trinajstić information content (AvgIpc) is 2.53. The van der Waals surface area contributed by atoms with Crippen LogP contribution in [-0.4, -0.2) is 12.6 Å². The number of ether oxygens (including phenoxy) is 1. The highest BCUT2D eigenvalue weighted by atomic mass is 127. The minimum atomic E-state index is -0.221. The van der Waals surface area contributed by atoms with Crippen LogP contribution in [0.5, 0.6) is 0 Å². The summed E-state index contributed by atoms with van der Waals surface area (Å²) in [6.07, 6.45) is 1.81. The standard InChI is InChI=1S/C10H7IO2/c11-8-3-1-7(2-4-8)9-5-6-13-10(9)12/h1-5H,6H2. The fourth-order valence-electron chi connectivity index (χ4n) is 1.23. The lowest BCUT2D eigenvalue weighted by molar-refractivity contribution is -0.133. The molecule has 0 aromatic heterocycles. The summed E-state index contributed by atoms with van der Waals surface area (Å²) in [5.74, 6) is -0.221. The number of esters is 1. The second kappa shape index (κ2) is 3.49. The summed E-state index contributed by atoms with van der Waals surface area (Å²) in [7, 11) is 0. The minimum absolute atomic E-state index is 0.221. The lowest BCUT2D eigenvalue weighted by Crippen LogP contribution is -1.98. The zero-order valence-corrected chi connectivity index (χ0v) is 8.95. The van der Waals surface area contributed by atoms with Crippen LogP contribution in [0.25, 0.3) is 5.57 Å². The Labute approximate surface area is 89.7 Å². The van der Waals surface area contributed by atoms with Crippen molar-refractivity contribution in [2.75, 3.05) is 6.61 Å². The molecule has 0 amide bonds. The largest absolute Gasteiger partial charge is 0.458 e. The number of carbonyl (C=O) groups excluding carboxylic acids is 1. The van der Waals surface area contributed by atoms with Crippen molar-refractivity contribution in [2.24, 2.45) is 0 Å². The molecule has 0 radical (unpaired) electrons. The van der Waals surface area contributed by atoms with Crippen molar-refractivity contribution in [2.45, 2.75) is 0 Å². The van der Waals surface area contributed by atoms with Crippen LogP contribution in [0.15, 0.2) is 30.3 Å². The third-order valence-corrected chi connectivity index (χ3v) is 2.60. The molecule has 13 heavy (non-hydrogen) atoms. The Morgan fingerprint density at radius 3 is 2.46 bits per heavy atom. The van der Waals surface area contributed by atoms with Crippen LogP contribution in [0.2, 0.25) is 0 Å². The van der Waals surface area contributed by atoms with E-state index in [0.717, 1.165) is 9.13 Å². The molecule has 1 aromatic rings. The molecule has 2 nitrogen and oxygen atoms in total. The molecule has 1 heterocycles. The van der Waals surface area contributed by atoms with E-state index in [2.05, 4.69) is 22.6 Å². The van der Waals surface area contributed by atoms with E-state index in [1.54, 1.807) is 0 Å². The molecule has 1 aliphatic heterocycles. The molecular formula is C10H7IO2. The highest BCUT2D eigenvalue weighted by Gasteiger charge is 2.17. The van der Waals surface area contributed by atoms with Crippen molar-refractivity contribution in [3.63, 3.8) is 0 Å². The summed E-state index contributed by atoms with van der Waals surface area (Å²) in [6.45, 7) is 0.403. The predicted molar refractivity (Wildman–Crippen MR) is 58.1 cm³/mol. The van der Waals surface area contributed by atoms with Crippen molar-refractivity contribution >= 4 is 34.1 Å². The van der Waals surface area contributed by atoms with Gasteiger partial charge in [-0.3, -0.25) is 0 Å². The first-order valence-corrected chi connectivity index (χ1v) is 4.98. The SMILES string of the molecule is O=C1OCC=C1c1ccc(I)cc1. The Hall–Kier alpha value is -0.840. The third kappa shape index (κ3) is 1.75. The van der Waals surface area contributed by atoms with Gasteiger partial charge in [-0.2, -0.15) is 0 Å². The number of halogens is 1. The van der Waals surface area contributed by atoms with E-state index in [1.807, 2.05) is 30.3 Å². The monoisotopic (exact) mass is 286 g/mol. The van der Waals surface area contributed by atoms with Crippen LogP contribution in [0, 0.1) is 3.57 Å². The lowest BCUT2D eigenvalue weighted by atomic mass is 10.1. The van der Waals surface area contributed by atoms with Gasteiger partial charge in [0.2, 0.25) is 0 Å². The fraction of sp³-hybridized carbons (Fsp3) is 0.100. The Bertz CT molecular complexity index is 365. The van der Waals surface area contributed by atoms with Gasteiger partial charge in [-0.15, -0.1) is 0 Å². The predicted octanol–water partition coefficient (Wildman–Crippen LogP) is 2.23. The van der Waals surface area contributed by atoms with Crippen LogP contribution in [0.4, 0.5) is 0 Å². The van der Waals surface area contributed by atoms with E-state index < -0.39 is 0 Å². The molecular weight excluding hydrogens is 279 g/mol. The van der Waals surface area contributed by atoms with Crippen molar-refractivity contribution in [1.29, 1.82) is 0 Å². The molecule has 0 aliphatic carbocycles. The molecule has 0 spiro atoms. The molecule has 0 fully saturated rings. The normalized spacial score (nSPS) is 15.5. The summed E-state index contributed by atoms with van der Waals surface area (Å²) >= 11 is 2.23. The average molecular weight is 286 g/mol. The van der Waals surface area contributed by atoms with Crippen molar-refractivity contribution in [1.82, 2.24) is 0 Å². The minimum Gasteiger partial charge on any atom is -0.458 e. The van der Waals surface area contributed by atoms with Gasteiger partial charge in [0, 0.05) is 3.57 Å². The Morgan fingerprint density at radius 2 is 1.92 bits per heavy atom. The summed E-state index contributed by atoms with van der Waals surface area (Å²) < 4.78 is 5.98. The topological polar surface area (TPSA) is 26.3 Å². The number of hydrogen-bond acceptors (Lipinski definition) is 2. The molecule has 0 N–H and O–H groups in total. The summed E-state index contributed by atoms with van der Waals surface area (Å²) in [4.78, 5) is 11.2. The highest BCUT2D eigenvalue weighted by Crippen LogP contribution is 2.20. The van der Waals surface area contributed by atoms with Crippen LogP contribution < -0.4 is 0 Å². The smallest absolute Gasteiger partial charge is 0.338 e. The number of carbonyl (C=O) groups is 1. The van der Waals surface area contributed by atoms with E-state index in [9.17, 15) is 4.79 Å². The third-order valence-electron chi connectivity index (χ3n) is 1.88. The van der Waals surface area contributed by atoms with E-state index in [-0.39, 0.29) is 5.97 Å². The first-order valence-electron chi connectivity index (χ1n) is 3.90. The molecule has 0 saturated heterocycles. The van der Waals surface area contributed by atoms with E-state index in [0.29, 0.717) is 12.2 Å². The van der Waals surface area contributed by atoms with Gasteiger partial charge in [-0.05, 0) is 46.4 Å². The number of benzene rings is 1. The van der Waals surface area contributed by atoms with Crippen LogP contribution in [0.1, 0.15) is 5.56 Å². The lowest BCUT2D eigenvalue weighted by Gasteiger charge is -1.99. The van der Waals surface area contributed by atoms with Crippen molar-refractivity contribution < 1.29 is 9.53 Å². The van der Waals surface area contributed by atoms with Gasteiger partial charge in [-0.25, -0.2) is 4.79 Å². The molecule has 1 aliphatic rings. The van der Waals surface area contributed by atoms with Crippen molar-refractivity contribution in [3.8, 4) is 0 Å². The van der Waals surface area contributed by atoms with Crippen LogP contribution in [0.3, 0.4) is 0 Å². The summed E-state index contributed by atoms with van der Waals surface area (Å²) in [5, 5.41) is 0.